The summed E-state index contributed by atoms with van der Waals surface area (Å²) in [6, 6.07) is 21.1. The number of hydrogen-bond donors (Lipinski definition) is 1. The molecule has 0 saturated heterocycles. The van der Waals surface area contributed by atoms with Gasteiger partial charge in [0.1, 0.15) is 0 Å². The maximum atomic E-state index is 5.64. The standard InChI is InChI=1S/C18H19N3S/c1-13(2)21-16(14-9-5-3-6-10-14)17(22-18(21)20-19)15-11-7-4-8-12-15/h3-13H,19H2,1-2H3. The fraction of sp³-hybridized carbons (Fsp3) is 0.167. The molecule has 0 spiro atoms. The quantitative estimate of drug-likeness (QED) is 0.571. The molecule has 0 bridgehead atoms. The lowest BCUT2D eigenvalue weighted by Crippen LogP contribution is -2.19. The van der Waals surface area contributed by atoms with Gasteiger partial charge in [-0.25, -0.2) is 0 Å². The van der Waals surface area contributed by atoms with Crippen molar-refractivity contribution in [2.75, 3.05) is 0 Å². The molecule has 0 radical (unpaired) electrons. The molecule has 0 aliphatic rings. The minimum atomic E-state index is 0.284. The maximum Gasteiger partial charge on any atom is 0.208 e. The molecule has 112 valence electrons. The smallest absolute Gasteiger partial charge is 0.208 e. The molecule has 3 nitrogen and oxygen atoms in total. The Morgan fingerprint density at radius 2 is 1.45 bits per heavy atom. The van der Waals surface area contributed by atoms with Gasteiger partial charge in [0, 0.05) is 6.04 Å². The SMILES string of the molecule is CC(C)n1c(-c2ccccc2)c(-c2ccccc2)sc1=NN. The Bertz CT molecular complexity index is 815. The number of aromatic nitrogens is 1. The molecule has 1 heterocycles. The van der Waals surface area contributed by atoms with Crippen molar-refractivity contribution < 1.29 is 0 Å². The minimum Gasteiger partial charge on any atom is -0.320 e. The number of benzene rings is 2. The first kappa shape index (κ1) is 14.6. The molecular weight excluding hydrogens is 290 g/mol. The van der Waals surface area contributed by atoms with Crippen molar-refractivity contribution in [1.29, 1.82) is 0 Å². The van der Waals surface area contributed by atoms with Gasteiger partial charge in [-0.1, -0.05) is 72.0 Å². The summed E-state index contributed by atoms with van der Waals surface area (Å²) in [7, 11) is 0. The van der Waals surface area contributed by atoms with Crippen LogP contribution in [0.4, 0.5) is 0 Å². The Morgan fingerprint density at radius 3 is 1.95 bits per heavy atom. The van der Waals surface area contributed by atoms with E-state index in [2.05, 4.69) is 72.0 Å². The highest BCUT2D eigenvalue weighted by Gasteiger charge is 2.18. The third kappa shape index (κ3) is 2.57. The number of thiazole rings is 1. The molecule has 3 aromatic rings. The van der Waals surface area contributed by atoms with E-state index in [1.165, 1.54) is 21.7 Å². The second-order valence-electron chi connectivity index (χ2n) is 5.39. The lowest BCUT2D eigenvalue weighted by Gasteiger charge is -2.14. The average Bonchev–Trinajstić information content (AvgIpc) is 2.96. The van der Waals surface area contributed by atoms with E-state index >= 15 is 0 Å². The normalized spacial score (nSPS) is 12.0. The molecule has 4 heteroatoms. The van der Waals surface area contributed by atoms with Gasteiger partial charge >= 0.3 is 0 Å². The van der Waals surface area contributed by atoms with Crippen LogP contribution in [0, 0.1) is 0 Å². The van der Waals surface area contributed by atoms with Crippen LogP contribution in [0.2, 0.25) is 0 Å². The van der Waals surface area contributed by atoms with Gasteiger partial charge in [0.05, 0.1) is 10.6 Å². The summed E-state index contributed by atoms with van der Waals surface area (Å²) in [5, 5.41) is 4.01. The van der Waals surface area contributed by atoms with Crippen molar-refractivity contribution >= 4 is 11.3 Å². The Hall–Kier alpha value is -2.33. The van der Waals surface area contributed by atoms with Gasteiger partial charge in [0.2, 0.25) is 4.80 Å². The third-order valence-electron chi connectivity index (χ3n) is 3.57. The van der Waals surface area contributed by atoms with E-state index in [4.69, 9.17) is 5.84 Å². The van der Waals surface area contributed by atoms with E-state index in [1.54, 1.807) is 11.3 Å². The van der Waals surface area contributed by atoms with Gasteiger partial charge < -0.3 is 10.4 Å². The van der Waals surface area contributed by atoms with Crippen molar-refractivity contribution in [2.45, 2.75) is 19.9 Å². The van der Waals surface area contributed by atoms with Crippen LogP contribution in [0.25, 0.3) is 21.7 Å². The summed E-state index contributed by atoms with van der Waals surface area (Å²) >= 11 is 1.63. The molecule has 0 unspecified atom stereocenters. The van der Waals surface area contributed by atoms with Gasteiger partial charge in [-0.05, 0) is 25.0 Å². The summed E-state index contributed by atoms with van der Waals surface area (Å²) in [6.45, 7) is 4.31. The molecule has 0 saturated carbocycles. The van der Waals surface area contributed by atoms with Crippen LogP contribution in [0.5, 0.6) is 0 Å². The largest absolute Gasteiger partial charge is 0.320 e. The van der Waals surface area contributed by atoms with E-state index in [1.807, 2.05) is 12.1 Å². The van der Waals surface area contributed by atoms with Crippen molar-refractivity contribution in [2.24, 2.45) is 10.9 Å². The number of nitrogens with two attached hydrogens (primary N) is 1. The van der Waals surface area contributed by atoms with Gasteiger partial charge in [0.15, 0.2) is 0 Å². The molecule has 0 amide bonds. The molecule has 0 aliphatic carbocycles. The zero-order chi connectivity index (χ0) is 15.5. The van der Waals surface area contributed by atoms with E-state index in [0.717, 1.165) is 4.80 Å². The fourth-order valence-electron chi connectivity index (χ4n) is 2.61. The van der Waals surface area contributed by atoms with Crippen LogP contribution in [-0.4, -0.2) is 4.57 Å². The lowest BCUT2D eigenvalue weighted by molar-refractivity contribution is 0.588. The van der Waals surface area contributed by atoms with Crippen LogP contribution < -0.4 is 10.6 Å². The highest BCUT2D eigenvalue weighted by Crippen LogP contribution is 2.35. The first-order chi connectivity index (χ1) is 10.7. The van der Waals surface area contributed by atoms with Crippen molar-refractivity contribution in [3.8, 4) is 21.7 Å². The predicted octanol–water partition coefficient (Wildman–Crippen LogP) is 4.24. The van der Waals surface area contributed by atoms with Gasteiger partial charge in [-0.2, -0.15) is 5.10 Å². The van der Waals surface area contributed by atoms with Crippen molar-refractivity contribution in [3.63, 3.8) is 0 Å². The summed E-state index contributed by atoms with van der Waals surface area (Å²) in [5.74, 6) is 5.64. The third-order valence-corrected chi connectivity index (χ3v) is 4.68. The topological polar surface area (TPSA) is 43.3 Å². The minimum absolute atomic E-state index is 0.284. The second kappa shape index (κ2) is 6.20. The van der Waals surface area contributed by atoms with Crippen molar-refractivity contribution in [1.82, 2.24) is 4.57 Å². The molecule has 3 rings (SSSR count). The van der Waals surface area contributed by atoms with Crippen LogP contribution in [0.3, 0.4) is 0 Å². The maximum absolute atomic E-state index is 5.64. The highest BCUT2D eigenvalue weighted by atomic mass is 32.1. The average molecular weight is 309 g/mol. The molecule has 0 atom stereocenters. The van der Waals surface area contributed by atoms with Gasteiger partial charge in [-0.15, -0.1) is 0 Å². The Labute approximate surface area is 134 Å². The molecule has 2 N–H and O–H groups in total. The Kier molecular flexibility index (Phi) is 4.11. The first-order valence-electron chi connectivity index (χ1n) is 7.32. The van der Waals surface area contributed by atoms with Gasteiger partial charge in [-0.3, -0.25) is 0 Å². The van der Waals surface area contributed by atoms with Crippen molar-refractivity contribution in [3.05, 3.63) is 65.5 Å². The summed E-state index contributed by atoms with van der Waals surface area (Å²) in [5.41, 5.74) is 3.55. The zero-order valence-electron chi connectivity index (χ0n) is 12.7. The summed E-state index contributed by atoms with van der Waals surface area (Å²) < 4.78 is 2.21. The van der Waals surface area contributed by atoms with Crippen LogP contribution >= 0.6 is 11.3 Å². The monoisotopic (exact) mass is 309 g/mol. The highest BCUT2D eigenvalue weighted by molar-refractivity contribution is 7.13. The lowest BCUT2D eigenvalue weighted by atomic mass is 10.1. The van der Waals surface area contributed by atoms with E-state index in [9.17, 15) is 0 Å². The van der Waals surface area contributed by atoms with Crippen LogP contribution in [0.15, 0.2) is 65.8 Å². The van der Waals surface area contributed by atoms with Gasteiger partial charge in [0.25, 0.3) is 0 Å². The second-order valence-corrected chi connectivity index (χ2v) is 6.36. The fourth-order valence-corrected chi connectivity index (χ4v) is 3.82. The number of nitrogens with zero attached hydrogens (tertiary/aromatic N) is 2. The first-order valence-corrected chi connectivity index (χ1v) is 8.14. The molecule has 1 aromatic heterocycles. The van der Waals surface area contributed by atoms with Crippen LogP contribution in [0.1, 0.15) is 19.9 Å². The Morgan fingerprint density at radius 1 is 0.909 bits per heavy atom. The predicted molar refractivity (Wildman–Crippen MR) is 93.3 cm³/mol. The molecule has 2 aromatic carbocycles. The molecule has 0 fully saturated rings. The number of rotatable bonds is 3. The van der Waals surface area contributed by atoms with E-state index in [-0.39, 0.29) is 6.04 Å². The molecule has 0 aliphatic heterocycles. The summed E-state index contributed by atoms with van der Waals surface area (Å²) in [6.07, 6.45) is 0. The number of hydrogen-bond acceptors (Lipinski definition) is 3. The summed E-state index contributed by atoms with van der Waals surface area (Å²) in [4.78, 5) is 2.04. The molecule has 22 heavy (non-hydrogen) atoms. The van der Waals surface area contributed by atoms with E-state index in [0.29, 0.717) is 0 Å². The zero-order valence-corrected chi connectivity index (χ0v) is 13.5. The molecular formula is C18H19N3S. The Balaban J connectivity index is 2.36. The van der Waals surface area contributed by atoms with E-state index < -0.39 is 0 Å². The van der Waals surface area contributed by atoms with Crippen LogP contribution in [-0.2, 0) is 0 Å².